The van der Waals surface area contributed by atoms with E-state index in [1.807, 2.05) is 0 Å². The van der Waals surface area contributed by atoms with E-state index in [2.05, 4.69) is 23.1 Å². The van der Waals surface area contributed by atoms with E-state index >= 15 is 0 Å². The Labute approximate surface area is 113 Å². The summed E-state index contributed by atoms with van der Waals surface area (Å²) >= 11 is 16.2. The Morgan fingerprint density at radius 2 is 1.94 bits per heavy atom. The second kappa shape index (κ2) is 6.48. The number of para-hydroxylation sites is 1. The first-order valence-corrected chi connectivity index (χ1v) is 5.58. The molecule has 1 rings (SSSR count). The molecule has 1 aromatic carbocycles. The molecule has 17 heavy (non-hydrogen) atoms. The summed E-state index contributed by atoms with van der Waals surface area (Å²) in [5.74, 6) is -0.213. The molecule has 0 aliphatic carbocycles. The van der Waals surface area contributed by atoms with Crippen molar-refractivity contribution in [1.29, 1.82) is 0 Å². The second-order valence-electron chi connectivity index (χ2n) is 2.88. The average molecular weight is 294 g/mol. The quantitative estimate of drug-likeness (QED) is 0.577. The summed E-state index contributed by atoms with van der Waals surface area (Å²) in [5, 5.41) is 0.606. The van der Waals surface area contributed by atoms with Crippen LogP contribution in [-0.2, 0) is 4.79 Å². The normalized spacial score (nSPS) is 9.53. The predicted octanol–water partition coefficient (Wildman–Crippen LogP) is 1.24. The van der Waals surface area contributed by atoms with Gasteiger partial charge in [-0.25, -0.2) is 0 Å². The van der Waals surface area contributed by atoms with Gasteiger partial charge in [0.2, 0.25) is 0 Å². The van der Waals surface area contributed by atoms with Gasteiger partial charge in [-0.3, -0.25) is 15.6 Å². The molecule has 0 saturated heterocycles. The fourth-order valence-corrected chi connectivity index (χ4v) is 1.48. The third-order valence-corrected chi connectivity index (χ3v) is 2.29. The van der Waals surface area contributed by atoms with E-state index in [0.29, 0.717) is 10.0 Å². The van der Waals surface area contributed by atoms with E-state index in [0.717, 1.165) is 0 Å². The molecule has 0 heterocycles. The Bertz CT molecular complexity index is 422. The van der Waals surface area contributed by atoms with Gasteiger partial charge in [-0.1, -0.05) is 29.3 Å². The number of nitrogens with two attached hydrogens (primary N) is 1. The van der Waals surface area contributed by atoms with Gasteiger partial charge in [-0.05, 0) is 24.4 Å². The van der Waals surface area contributed by atoms with Gasteiger partial charge < -0.3 is 10.5 Å². The summed E-state index contributed by atoms with van der Waals surface area (Å²) < 4.78 is 5.16. The van der Waals surface area contributed by atoms with Gasteiger partial charge in [0.1, 0.15) is 0 Å². The predicted molar refractivity (Wildman–Crippen MR) is 70.0 cm³/mol. The molecule has 0 aromatic heterocycles. The fourth-order valence-electron chi connectivity index (χ4n) is 0.926. The molecule has 0 aliphatic heterocycles. The minimum Gasteiger partial charge on any atom is -0.481 e. The Kier molecular flexibility index (Phi) is 5.27. The SMILES string of the molecule is NC(=S)NNC(=O)COc1c(Cl)cccc1Cl. The number of amides is 1. The maximum Gasteiger partial charge on any atom is 0.276 e. The molecule has 0 saturated carbocycles. The van der Waals surface area contributed by atoms with Gasteiger partial charge in [0, 0.05) is 0 Å². The fraction of sp³-hybridized carbons (Fsp3) is 0.111. The molecular formula is C9H9Cl2N3O2S. The van der Waals surface area contributed by atoms with Crippen LogP contribution in [0.15, 0.2) is 18.2 Å². The number of hydrogen-bond donors (Lipinski definition) is 3. The lowest BCUT2D eigenvalue weighted by atomic mass is 10.3. The number of ether oxygens (including phenoxy) is 1. The number of carbonyl (C=O) groups is 1. The first kappa shape index (κ1) is 13.8. The lowest BCUT2D eigenvalue weighted by molar-refractivity contribution is -0.123. The molecule has 0 aliphatic rings. The van der Waals surface area contributed by atoms with E-state index in [1.54, 1.807) is 18.2 Å². The van der Waals surface area contributed by atoms with Crippen LogP contribution in [0.4, 0.5) is 0 Å². The first-order chi connectivity index (χ1) is 8.00. The van der Waals surface area contributed by atoms with Crippen LogP contribution in [-0.4, -0.2) is 17.6 Å². The monoisotopic (exact) mass is 293 g/mol. The number of halogens is 2. The maximum absolute atomic E-state index is 11.2. The van der Waals surface area contributed by atoms with Crippen LogP contribution in [0.2, 0.25) is 10.0 Å². The molecule has 0 fully saturated rings. The largest absolute Gasteiger partial charge is 0.481 e. The van der Waals surface area contributed by atoms with Gasteiger partial charge in [-0.15, -0.1) is 0 Å². The molecule has 92 valence electrons. The highest BCUT2D eigenvalue weighted by atomic mass is 35.5. The van der Waals surface area contributed by atoms with Crippen molar-refractivity contribution >= 4 is 46.4 Å². The number of nitrogens with one attached hydrogen (secondary N) is 2. The zero-order valence-corrected chi connectivity index (χ0v) is 10.8. The van der Waals surface area contributed by atoms with Gasteiger partial charge in [-0.2, -0.15) is 0 Å². The number of hydrogen-bond acceptors (Lipinski definition) is 3. The van der Waals surface area contributed by atoms with Crippen LogP contribution >= 0.6 is 35.4 Å². The van der Waals surface area contributed by atoms with Crippen molar-refractivity contribution in [3.05, 3.63) is 28.2 Å². The van der Waals surface area contributed by atoms with E-state index in [9.17, 15) is 4.79 Å². The number of hydrazine groups is 1. The lowest BCUT2D eigenvalue weighted by Gasteiger charge is -2.10. The summed E-state index contributed by atoms with van der Waals surface area (Å²) in [6.07, 6.45) is 0. The zero-order chi connectivity index (χ0) is 12.8. The van der Waals surface area contributed by atoms with Crippen LogP contribution in [0.25, 0.3) is 0 Å². The molecule has 1 aromatic rings. The third-order valence-electron chi connectivity index (χ3n) is 1.59. The van der Waals surface area contributed by atoms with Crippen molar-refractivity contribution in [1.82, 2.24) is 10.9 Å². The number of carbonyl (C=O) groups excluding carboxylic acids is 1. The van der Waals surface area contributed by atoms with Crippen LogP contribution in [0, 0.1) is 0 Å². The molecule has 0 spiro atoms. The van der Waals surface area contributed by atoms with Crippen LogP contribution in [0.3, 0.4) is 0 Å². The molecule has 0 bridgehead atoms. The van der Waals surface area contributed by atoms with E-state index in [-0.39, 0.29) is 17.5 Å². The van der Waals surface area contributed by atoms with Crippen molar-refractivity contribution in [3.8, 4) is 5.75 Å². The highest BCUT2D eigenvalue weighted by Gasteiger charge is 2.09. The Balaban J connectivity index is 2.50. The van der Waals surface area contributed by atoms with Crippen LogP contribution in [0.5, 0.6) is 5.75 Å². The summed E-state index contributed by atoms with van der Waals surface area (Å²) in [7, 11) is 0. The number of benzene rings is 1. The van der Waals surface area contributed by atoms with Gasteiger partial charge in [0.15, 0.2) is 17.5 Å². The number of thiocarbonyl (C=S) groups is 1. The molecule has 8 heteroatoms. The molecule has 0 atom stereocenters. The first-order valence-electron chi connectivity index (χ1n) is 4.42. The third kappa shape index (κ3) is 4.64. The standard InChI is InChI=1S/C9H9Cl2N3O2S/c10-5-2-1-3-6(11)8(5)16-4-7(15)13-14-9(12)17/h1-3H,4H2,(H,13,15)(H3,12,14,17). The highest BCUT2D eigenvalue weighted by molar-refractivity contribution is 7.80. The number of rotatable bonds is 3. The molecule has 4 N–H and O–H groups in total. The van der Waals surface area contributed by atoms with E-state index in [1.165, 1.54) is 0 Å². The smallest absolute Gasteiger partial charge is 0.276 e. The molecule has 0 unspecified atom stereocenters. The minimum absolute atomic E-state index is 0.0471. The van der Waals surface area contributed by atoms with Crippen molar-refractivity contribution in [2.45, 2.75) is 0 Å². The van der Waals surface area contributed by atoms with Crippen molar-refractivity contribution in [3.63, 3.8) is 0 Å². The van der Waals surface area contributed by atoms with Crippen LogP contribution < -0.4 is 21.3 Å². The molecule has 0 radical (unpaired) electrons. The average Bonchev–Trinajstić information content (AvgIpc) is 2.25. The minimum atomic E-state index is -0.464. The van der Waals surface area contributed by atoms with Crippen molar-refractivity contribution in [2.75, 3.05) is 6.61 Å². The topological polar surface area (TPSA) is 76.4 Å². The van der Waals surface area contributed by atoms with Gasteiger partial charge >= 0.3 is 0 Å². The van der Waals surface area contributed by atoms with Gasteiger partial charge in [0.05, 0.1) is 10.0 Å². The van der Waals surface area contributed by atoms with Crippen molar-refractivity contribution < 1.29 is 9.53 Å². The Morgan fingerprint density at radius 1 is 1.35 bits per heavy atom. The molecule has 5 nitrogen and oxygen atoms in total. The highest BCUT2D eigenvalue weighted by Crippen LogP contribution is 2.32. The molecular weight excluding hydrogens is 285 g/mol. The maximum atomic E-state index is 11.2. The summed E-state index contributed by atoms with van der Waals surface area (Å²) in [4.78, 5) is 11.2. The van der Waals surface area contributed by atoms with E-state index in [4.69, 9.17) is 33.7 Å². The zero-order valence-electron chi connectivity index (χ0n) is 8.50. The van der Waals surface area contributed by atoms with E-state index < -0.39 is 5.91 Å². The van der Waals surface area contributed by atoms with Crippen LogP contribution in [0.1, 0.15) is 0 Å². The summed E-state index contributed by atoms with van der Waals surface area (Å²) in [6.45, 7) is -0.265. The lowest BCUT2D eigenvalue weighted by Crippen LogP contribution is -2.46. The summed E-state index contributed by atoms with van der Waals surface area (Å²) in [5.41, 5.74) is 9.62. The van der Waals surface area contributed by atoms with Gasteiger partial charge in [0.25, 0.3) is 5.91 Å². The van der Waals surface area contributed by atoms with Crippen molar-refractivity contribution in [2.24, 2.45) is 5.73 Å². The Morgan fingerprint density at radius 3 is 2.47 bits per heavy atom. The Hall–Kier alpha value is -1.24. The summed E-state index contributed by atoms with van der Waals surface area (Å²) in [6, 6.07) is 4.88. The molecule has 1 amide bonds. The second-order valence-corrected chi connectivity index (χ2v) is 4.13.